The fourth-order valence-electron chi connectivity index (χ4n) is 3.29. The van der Waals surface area contributed by atoms with Gasteiger partial charge in [-0.3, -0.25) is 14.4 Å². The van der Waals surface area contributed by atoms with Gasteiger partial charge in [0, 0.05) is 17.9 Å². The number of hydrogen-bond acceptors (Lipinski definition) is 6. The molecule has 1 heterocycles. The zero-order valence-electron chi connectivity index (χ0n) is 15.1. The number of hydrogen-bond donors (Lipinski definition) is 1. The van der Waals surface area contributed by atoms with Crippen LogP contribution < -0.4 is 10.6 Å². The number of benzene rings is 1. The van der Waals surface area contributed by atoms with Crippen LogP contribution in [0.2, 0.25) is 0 Å². The zero-order valence-corrected chi connectivity index (χ0v) is 15.1. The van der Waals surface area contributed by atoms with Gasteiger partial charge in [0.15, 0.2) is 0 Å². The van der Waals surface area contributed by atoms with Crippen molar-refractivity contribution >= 4 is 29.2 Å². The molecule has 1 amide bonds. The largest absolute Gasteiger partial charge is 0.466 e. The predicted molar refractivity (Wildman–Crippen MR) is 97.6 cm³/mol. The lowest BCUT2D eigenvalue weighted by molar-refractivity contribution is -0.151. The van der Waals surface area contributed by atoms with Crippen LogP contribution in [0, 0.1) is 0 Å². The summed E-state index contributed by atoms with van der Waals surface area (Å²) >= 11 is 0. The minimum Gasteiger partial charge on any atom is -0.466 e. The Hall–Kier alpha value is -2.83. The van der Waals surface area contributed by atoms with Crippen molar-refractivity contribution in [2.24, 2.45) is 0 Å². The molecule has 1 aromatic rings. The van der Waals surface area contributed by atoms with E-state index in [2.05, 4.69) is 6.58 Å². The van der Waals surface area contributed by atoms with Gasteiger partial charge in [-0.15, -0.1) is 6.58 Å². The van der Waals surface area contributed by atoms with Crippen molar-refractivity contribution in [1.29, 1.82) is 0 Å². The summed E-state index contributed by atoms with van der Waals surface area (Å²) in [5.74, 6) is -1.47. The van der Waals surface area contributed by atoms with Crippen LogP contribution >= 0.6 is 0 Å². The molecule has 0 saturated carbocycles. The Kier molecular flexibility index (Phi) is 6.02. The molecule has 0 atom stereocenters. The molecule has 1 aromatic carbocycles. The van der Waals surface area contributed by atoms with Crippen molar-refractivity contribution in [3.63, 3.8) is 0 Å². The molecule has 0 fully saturated rings. The quantitative estimate of drug-likeness (QED) is 0.432. The fourth-order valence-corrected chi connectivity index (χ4v) is 3.29. The second-order valence-corrected chi connectivity index (χ2v) is 6.03. The van der Waals surface area contributed by atoms with Crippen LogP contribution in [0.1, 0.15) is 32.3 Å². The highest BCUT2D eigenvalue weighted by atomic mass is 16.5. The monoisotopic (exact) mass is 360 g/mol. The number of ether oxygens (including phenoxy) is 2. The maximum absolute atomic E-state index is 13.3. The van der Waals surface area contributed by atoms with Gasteiger partial charge in [0.1, 0.15) is 0 Å². The molecule has 0 radical (unpaired) electrons. The van der Waals surface area contributed by atoms with Gasteiger partial charge in [-0.05, 0) is 37.6 Å². The van der Waals surface area contributed by atoms with E-state index in [9.17, 15) is 14.4 Å². The summed E-state index contributed by atoms with van der Waals surface area (Å²) in [6.45, 7) is 7.66. The first-order valence-electron chi connectivity index (χ1n) is 8.53. The van der Waals surface area contributed by atoms with Crippen LogP contribution in [0.3, 0.4) is 0 Å². The molecule has 0 aliphatic carbocycles. The van der Waals surface area contributed by atoms with Crippen LogP contribution in [0.4, 0.5) is 11.4 Å². The first-order valence-corrected chi connectivity index (χ1v) is 8.53. The van der Waals surface area contributed by atoms with Gasteiger partial charge < -0.3 is 20.1 Å². The molecule has 7 nitrogen and oxygen atoms in total. The van der Waals surface area contributed by atoms with E-state index < -0.39 is 17.4 Å². The highest BCUT2D eigenvalue weighted by molar-refractivity contribution is 6.11. The van der Waals surface area contributed by atoms with Gasteiger partial charge in [0.2, 0.25) is 5.91 Å². The topological polar surface area (TPSA) is 98.9 Å². The Balaban J connectivity index is 2.58. The lowest BCUT2D eigenvalue weighted by atomic mass is 9.75. The van der Waals surface area contributed by atoms with Crippen molar-refractivity contribution in [3.8, 4) is 0 Å². The minimum absolute atomic E-state index is 0.183. The molecule has 0 spiro atoms. The molecule has 0 aromatic heterocycles. The number of carbonyl (C=O) groups is 3. The Labute approximate surface area is 152 Å². The van der Waals surface area contributed by atoms with Crippen LogP contribution in [0.15, 0.2) is 30.9 Å². The number of fused-ring (bicyclic) bond motifs is 1. The smallest absolute Gasteiger partial charge is 0.307 e. The number of nitrogen functional groups attached to an aromatic ring is 1. The number of carbonyl (C=O) groups excluding carboxylic acids is 3. The van der Waals surface area contributed by atoms with Gasteiger partial charge in [-0.2, -0.15) is 0 Å². The third-order valence-electron chi connectivity index (χ3n) is 4.30. The van der Waals surface area contributed by atoms with Crippen molar-refractivity contribution in [1.82, 2.24) is 0 Å². The van der Waals surface area contributed by atoms with Gasteiger partial charge in [-0.1, -0.05) is 6.08 Å². The summed E-state index contributed by atoms with van der Waals surface area (Å²) in [7, 11) is 0. The van der Waals surface area contributed by atoms with Gasteiger partial charge >= 0.3 is 11.9 Å². The summed E-state index contributed by atoms with van der Waals surface area (Å²) in [6.07, 6.45) is 1.06. The lowest BCUT2D eigenvalue weighted by Gasteiger charge is -2.27. The summed E-state index contributed by atoms with van der Waals surface area (Å²) in [4.78, 5) is 39.3. The molecule has 0 bridgehead atoms. The van der Waals surface area contributed by atoms with E-state index in [1.54, 1.807) is 38.1 Å². The number of anilines is 2. The minimum atomic E-state index is -1.40. The Morgan fingerprint density at radius 1 is 1.19 bits per heavy atom. The van der Waals surface area contributed by atoms with E-state index in [1.807, 2.05) is 0 Å². The first kappa shape index (κ1) is 19.5. The van der Waals surface area contributed by atoms with Crippen LogP contribution in [0.5, 0.6) is 0 Å². The first-order chi connectivity index (χ1) is 12.4. The van der Waals surface area contributed by atoms with Crippen molar-refractivity contribution in [2.45, 2.75) is 32.1 Å². The second kappa shape index (κ2) is 8.03. The van der Waals surface area contributed by atoms with E-state index in [1.165, 1.54) is 4.90 Å². The second-order valence-electron chi connectivity index (χ2n) is 6.03. The third kappa shape index (κ3) is 3.56. The molecular formula is C19H24N2O5. The van der Waals surface area contributed by atoms with E-state index in [4.69, 9.17) is 15.2 Å². The lowest BCUT2D eigenvalue weighted by Crippen LogP contribution is -2.44. The third-order valence-corrected chi connectivity index (χ3v) is 4.30. The molecule has 1 aliphatic heterocycles. The summed E-state index contributed by atoms with van der Waals surface area (Å²) in [5, 5.41) is 0. The molecule has 26 heavy (non-hydrogen) atoms. The van der Waals surface area contributed by atoms with E-state index in [0.717, 1.165) is 0 Å². The average Bonchev–Trinajstić information content (AvgIpc) is 2.78. The molecule has 0 saturated heterocycles. The molecule has 1 aliphatic rings. The molecule has 140 valence electrons. The van der Waals surface area contributed by atoms with E-state index in [-0.39, 0.29) is 38.5 Å². The summed E-state index contributed by atoms with van der Waals surface area (Å²) in [5.41, 5.74) is 6.10. The highest BCUT2D eigenvalue weighted by Gasteiger charge is 2.53. The fraction of sp³-hybridized carbons (Fsp3) is 0.421. The maximum Gasteiger partial charge on any atom is 0.307 e. The Bertz CT molecular complexity index is 709. The number of amides is 1. The Morgan fingerprint density at radius 3 is 2.27 bits per heavy atom. The van der Waals surface area contributed by atoms with Crippen LogP contribution in [-0.2, 0) is 29.3 Å². The van der Waals surface area contributed by atoms with Gasteiger partial charge in [0.05, 0.1) is 31.5 Å². The summed E-state index contributed by atoms with van der Waals surface area (Å²) < 4.78 is 10.1. The number of nitrogens with two attached hydrogens (primary N) is 1. The van der Waals surface area contributed by atoms with Crippen LogP contribution in [-0.4, -0.2) is 37.6 Å². The molecule has 7 heteroatoms. The molecule has 0 unspecified atom stereocenters. The average molecular weight is 360 g/mol. The molecule has 2 N–H and O–H groups in total. The van der Waals surface area contributed by atoms with Crippen molar-refractivity contribution in [2.75, 3.05) is 30.4 Å². The Morgan fingerprint density at radius 2 is 1.77 bits per heavy atom. The van der Waals surface area contributed by atoms with Crippen molar-refractivity contribution < 1.29 is 23.9 Å². The van der Waals surface area contributed by atoms with E-state index >= 15 is 0 Å². The summed E-state index contributed by atoms with van der Waals surface area (Å²) in [6, 6.07) is 5.02. The standard InChI is InChI=1S/C19H24N2O5/c1-4-9-21-15-8-7-13(20)10-14(15)19(18(21)24,11-16(22)25-5-2)12-17(23)26-6-3/h4,7-8,10H,1,5-6,9,11-12,20H2,2-3H3. The van der Waals surface area contributed by atoms with Gasteiger partial charge in [-0.25, -0.2) is 0 Å². The maximum atomic E-state index is 13.3. The number of rotatable bonds is 8. The number of nitrogens with zero attached hydrogens (tertiary/aromatic N) is 1. The van der Waals surface area contributed by atoms with Gasteiger partial charge in [0.25, 0.3) is 0 Å². The van der Waals surface area contributed by atoms with E-state index in [0.29, 0.717) is 16.9 Å². The zero-order chi connectivity index (χ0) is 19.3. The highest BCUT2D eigenvalue weighted by Crippen LogP contribution is 2.47. The number of esters is 2. The van der Waals surface area contributed by atoms with Crippen molar-refractivity contribution in [3.05, 3.63) is 36.4 Å². The van der Waals surface area contributed by atoms with Crippen LogP contribution in [0.25, 0.3) is 0 Å². The molecular weight excluding hydrogens is 336 g/mol. The predicted octanol–water partition coefficient (Wildman–Crippen LogP) is 1.95. The SMILES string of the molecule is C=CCN1C(=O)C(CC(=O)OCC)(CC(=O)OCC)c2cc(N)ccc21. The molecule has 2 rings (SSSR count). The normalized spacial score (nSPS) is 14.7.